The second kappa shape index (κ2) is 6.53. The van der Waals surface area contributed by atoms with Crippen molar-refractivity contribution in [3.63, 3.8) is 0 Å². The minimum Gasteiger partial charge on any atom is -0.328 e. The van der Waals surface area contributed by atoms with Gasteiger partial charge in [-0.3, -0.25) is 14.6 Å². The van der Waals surface area contributed by atoms with Crippen molar-refractivity contribution in [1.29, 1.82) is 0 Å². The van der Waals surface area contributed by atoms with Gasteiger partial charge in [-0.1, -0.05) is 20.8 Å². The van der Waals surface area contributed by atoms with E-state index in [-0.39, 0.29) is 29.4 Å². The fourth-order valence-corrected chi connectivity index (χ4v) is 4.51. The second-order valence-electron chi connectivity index (χ2n) is 7.67. The summed E-state index contributed by atoms with van der Waals surface area (Å²) >= 11 is 0. The highest BCUT2D eigenvalue weighted by Crippen LogP contribution is 2.29. The highest BCUT2D eigenvalue weighted by Gasteiger charge is 2.37. The molecule has 0 bridgehead atoms. The first-order chi connectivity index (χ1) is 12.1. The summed E-state index contributed by atoms with van der Waals surface area (Å²) in [7, 11) is -3.20. The number of aromatic amines is 1. The van der Waals surface area contributed by atoms with Gasteiger partial charge in [-0.2, -0.15) is 10.2 Å². The number of aryl methyl sites for hydroxylation is 1. The van der Waals surface area contributed by atoms with Gasteiger partial charge in [0.25, 0.3) is 5.91 Å². The van der Waals surface area contributed by atoms with E-state index in [0.717, 1.165) is 11.3 Å². The predicted octanol–water partition coefficient (Wildman–Crippen LogP) is 1.54. The van der Waals surface area contributed by atoms with Crippen molar-refractivity contribution in [3.05, 3.63) is 35.4 Å². The summed E-state index contributed by atoms with van der Waals surface area (Å²) in [6.07, 6.45) is 3.44. The first-order valence-corrected chi connectivity index (χ1v) is 10.5. The van der Waals surface area contributed by atoms with Crippen molar-refractivity contribution >= 4 is 15.7 Å². The van der Waals surface area contributed by atoms with Crippen molar-refractivity contribution < 1.29 is 13.2 Å². The van der Waals surface area contributed by atoms with E-state index < -0.39 is 15.9 Å². The topological polar surface area (TPSA) is 101 Å². The molecular weight excluding hydrogens is 354 g/mol. The Morgan fingerprint density at radius 2 is 2.12 bits per heavy atom. The number of nitrogens with one attached hydrogen (secondary N) is 1. The number of nitrogens with zero attached hydrogens (tertiary/aromatic N) is 4. The molecule has 1 amide bonds. The Bertz CT molecular complexity index is 907. The van der Waals surface area contributed by atoms with Crippen LogP contribution >= 0.6 is 0 Å². The summed E-state index contributed by atoms with van der Waals surface area (Å²) in [5.41, 5.74) is 1.75. The normalized spacial score (nSPS) is 20.3. The first-order valence-electron chi connectivity index (χ1n) is 8.70. The zero-order chi connectivity index (χ0) is 19.1. The number of carbonyl (C=O) groups excluding carboxylic acids is 1. The third-order valence-electron chi connectivity index (χ3n) is 4.66. The van der Waals surface area contributed by atoms with E-state index in [4.69, 9.17) is 0 Å². The molecule has 26 heavy (non-hydrogen) atoms. The molecule has 3 heterocycles. The van der Waals surface area contributed by atoms with Gasteiger partial charge in [0.05, 0.1) is 23.7 Å². The van der Waals surface area contributed by atoms with Crippen molar-refractivity contribution in [2.45, 2.75) is 45.7 Å². The van der Waals surface area contributed by atoms with E-state index in [9.17, 15) is 13.2 Å². The minimum absolute atomic E-state index is 0.0340. The van der Waals surface area contributed by atoms with E-state index in [1.807, 2.05) is 27.7 Å². The van der Waals surface area contributed by atoms with Crippen molar-refractivity contribution in [3.8, 4) is 0 Å². The van der Waals surface area contributed by atoms with Gasteiger partial charge in [-0.05, 0) is 13.0 Å². The number of rotatable bonds is 3. The van der Waals surface area contributed by atoms with Gasteiger partial charge in [0.1, 0.15) is 5.69 Å². The average molecular weight is 379 g/mol. The molecule has 142 valence electrons. The molecule has 0 spiro atoms. The van der Waals surface area contributed by atoms with Gasteiger partial charge in [-0.15, -0.1) is 0 Å². The Morgan fingerprint density at radius 3 is 2.69 bits per heavy atom. The van der Waals surface area contributed by atoms with Gasteiger partial charge >= 0.3 is 0 Å². The van der Waals surface area contributed by atoms with Gasteiger partial charge in [-0.25, -0.2) is 8.42 Å². The maximum atomic E-state index is 13.0. The van der Waals surface area contributed by atoms with Gasteiger partial charge in [0.15, 0.2) is 9.84 Å². The maximum Gasteiger partial charge on any atom is 0.274 e. The summed E-state index contributed by atoms with van der Waals surface area (Å²) in [6, 6.07) is 1.20. The molecule has 1 N–H and O–H groups in total. The molecule has 0 saturated carbocycles. The lowest BCUT2D eigenvalue weighted by Gasteiger charge is -2.34. The maximum absolute atomic E-state index is 13.0. The number of sulfone groups is 1. The van der Waals surface area contributed by atoms with E-state index in [0.29, 0.717) is 12.2 Å². The Kier molecular flexibility index (Phi) is 4.68. The summed E-state index contributed by atoms with van der Waals surface area (Å²) in [5, 5.41) is 11.3. The van der Waals surface area contributed by atoms with Crippen LogP contribution in [-0.2, 0) is 21.8 Å². The standard InChI is InChI=1S/C17H25N5O3S/c1-5-21-10-12(9-18-21)14-11-26(24,25)7-6-22(14)16(23)13-8-15(20-19-13)17(2,3)4/h8-10,14H,5-7,11H2,1-4H3,(H,19,20). The Labute approximate surface area is 153 Å². The number of H-pyrrole nitrogens is 1. The van der Waals surface area contributed by atoms with Crippen LogP contribution in [-0.4, -0.2) is 57.3 Å². The van der Waals surface area contributed by atoms with E-state index in [2.05, 4.69) is 15.3 Å². The van der Waals surface area contributed by atoms with E-state index >= 15 is 0 Å². The molecule has 3 rings (SSSR count). The molecule has 1 saturated heterocycles. The van der Waals surface area contributed by atoms with Crippen LogP contribution in [0.3, 0.4) is 0 Å². The molecule has 0 aliphatic carbocycles. The van der Waals surface area contributed by atoms with Crippen LogP contribution in [0.4, 0.5) is 0 Å². The van der Waals surface area contributed by atoms with Crippen molar-refractivity contribution in [2.24, 2.45) is 0 Å². The number of amides is 1. The third-order valence-corrected chi connectivity index (χ3v) is 6.29. The average Bonchev–Trinajstić information content (AvgIpc) is 3.22. The minimum atomic E-state index is -3.20. The summed E-state index contributed by atoms with van der Waals surface area (Å²) < 4.78 is 26.1. The van der Waals surface area contributed by atoms with Crippen molar-refractivity contribution in [2.75, 3.05) is 18.1 Å². The summed E-state index contributed by atoms with van der Waals surface area (Å²) in [6.45, 7) is 8.89. The molecular formula is C17H25N5O3S. The molecule has 8 nitrogen and oxygen atoms in total. The SMILES string of the molecule is CCn1cc(C2CS(=O)(=O)CCN2C(=O)c2cc(C(C)(C)C)[nH]n2)cn1. The van der Waals surface area contributed by atoms with Crippen LogP contribution < -0.4 is 0 Å². The van der Waals surface area contributed by atoms with Gasteiger partial charge in [0, 0.05) is 36.0 Å². The third kappa shape index (κ3) is 3.67. The van der Waals surface area contributed by atoms with Crippen LogP contribution in [0.25, 0.3) is 0 Å². The lowest BCUT2D eigenvalue weighted by Crippen LogP contribution is -2.46. The lowest BCUT2D eigenvalue weighted by atomic mass is 9.92. The first kappa shape index (κ1) is 18.6. The molecule has 1 atom stereocenters. The zero-order valence-electron chi connectivity index (χ0n) is 15.6. The number of hydrogen-bond acceptors (Lipinski definition) is 5. The van der Waals surface area contributed by atoms with Crippen LogP contribution in [0.2, 0.25) is 0 Å². The van der Waals surface area contributed by atoms with E-state index in [1.165, 1.54) is 0 Å². The lowest BCUT2D eigenvalue weighted by molar-refractivity contribution is 0.0691. The summed E-state index contributed by atoms with van der Waals surface area (Å²) in [5.74, 6) is -0.390. The van der Waals surface area contributed by atoms with Crippen LogP contribution in [0, 0.1) is 0 Å². The van der Waals surface area contributed by atoms with Crippen LogP contribution in [0.15, 0.2) is 18.5 Å². The number of carbonyl (C=O) groups is 1. The smallest absolute Gasteiger partial charge is 0.274 e. The summed E-state index contributed by atoms with van der Waals surface area (Å²) in [4.78, 5) is 14.6. The zero-order valence-corrected chi connectivity index (χ0v) is 16.4. The highest BCUT2D eigenvalue weighted by molar-refractivity contribution is 7.91. The molecule has 1 fully saturated rings. The molecule has 1 aliphatic rings. The molecule has 2 aromatic heterocycles. The fourth-order valence-electron chi connectivity index (χ4n) is 3.01. The monoisotopic (exact) mass is 379 g/mol. The number of aromatic nitrogens is 4. The van der Waals surface area contributed by atoms with Crippen LogP contribution in [0.5, 0.6) is 0 Å². The molecule has 1 unspecified atom stereocenters. The van der Waals surface area contributed by atoms with Crippen molar-refractivity contribution in [1.82, 2.24) is 24.9 Å². The molecule has 2 aromatic rings. The number of hydrogen-bond donors (Lipinski definition) is 1. The fraction of sp³-hybridized carbons (Fsp3) is 0.588. The molecule has 0 aromatic carbocycles. The Morgan fingerprint density at radius 1 is 1.38 bits per heavy atom. The molecule has 0 radical (unpaired) electrons. The van der Waals surface area contributed by atoms with E-state index in [1.54, 1.807) is 28.0 Å². The predicted molar refractivity (Wildman–Crippen MR) is 97.6 cm³/mol. The second-order valence-corrected chi connectivity index (χ2v) is 9.90. The van der Waals surface area contributed by atoms with Gasteiger partial charge in [0.2, 0.25) is 0 Å². The van der Waals surface area contributed by atoms with Crippen LogP contribution in [0.1, 0.15) is 55.5 Å². The molecule has 1 aliphatic heterocycles. The Balaban J connectivity index is 1.92. The highest BCUT2D eigenvalue weighted by atomic mass is 32.2. The Hall–Kier alpha value is -2.16. The largest absolute Gasteiger partial charge is 0.328 e. The molecule has 9 heteroatoms. The quantitative estimate of drug-likeness (QED) is 0.872. The van der Waals surface area contributed by atoms with Gasteiger partial charge < -0.3 is 4.90 Å².